The van der Waals surface area contributed by atoms with Crippen molar-refractivity contribution in [3.8, 4) is 22.3 Å². The van der Waals surface area contributed by atoms with Crippen molar-refractivity contribution in [1.29, 1.82) is 0 Å². The van der Waals surface area contributed by atoms with E-state index < -0.39 is 0 Å². The highest BCUT2D eigenvalue weighted by atomic mass is 35.5. The van der Waals surface area contributed by atoms with E-state index in [-0.39, 0.29) is 0 Å². The van der Waals surface area contributed by atoms with E-state index in [1.54, 1.807) is 0 Å². The zero-order valence-corrected chi connectivity index (χ0v) is 16.7. The average molecular weight is 383 g/mol. The summed E-state index contributed by atoms with van der Waals surface area (Å²) in [5, 5.41) is 0.766. The molecule has 0 aromatic heterocycles. The number of hydrogen-bond donors (Lipinski definition) is 0. The number of rotatable bonds is 5. The maximum atomic E-state index is 5.98. The smallest absolute Gasteiger partial charge is 0.0406 e. The van der Waals surface area contributed by atoms with Gasteiger partial charge in [0.25, 0.3) is 0 Å². The fourth-order valence-corrected chi connectivity index (χ4v) is 3.71. The minimum absolute atomic E-state index is 0.519. The molecular weight excluding hydrogens is 360 g/mol. The van der Waals surface area contributed by atoms with E-state index in [0.29, 0.717) is 5.92 Å². The lowest BCUT2D eigenvalue weighted by molar-refractivity contribution is 0.759. The molecule has 0 saturated heterocycles. The third kappa shape index (κ3) is 4.35. The van der Waals surface area contributed by atoms with Gasteiger partial charge in [-0.15, -0.1) is 0 Å². The molecule has 28 heavy (non-hydrogen) atoms. The molecule has 0 aliphatic heterocycles. The lowest BCUT2D eigenvalue weighted by Crippen LogP contribution is -1.98. The molecule has 4 aromatic rings. The average Bonchev–Trinajstić information content (AvgIpc) is 2.76. The van der Waals surface area contributed by atoms with E-state index in [2.05, 4.69) is 97.9 Å². The Balaban J connectivity index is 1.47. The first kappa shape index (κ1) is 18.5. The zero-order chi connectivity index (χ0) is 19.3. The van der Waals surface area contributed by atoms with Crippen LogP contribution >= 0.6 is 11.6 Å². The number of hydrogen-bond acceptors (Lipinski definition) is 0. The van der Waals surface area contributed by atoms with Gasteiger partial charge in [-0.3, -0.25) is 0 Å². The van der Waals surface area contributed by atoms with Gasteiger partial charge in [-0.25, -0.2) is 0 Å². The molecule has 1 unspecified atom stereocenters. The lowest BCUT2D eigenvalue weighted by Gasteiger charge is -2.12. The number of halogens is 1. The Bertz CT molecular complexity index is 1010. The van der Waals surface area contributed by atoms with Crippen molar-refractivity contribution >= 4 is 11.6 Å². The molecule has 0 aliphatic rings. The minimum atomic E-state index is 0.519. The van der Waals surface area contributed by atoms with Crippen LogP contribution in [0.3, 0.4) is 0 Å². The first-order chi connectivity index (χ1) is 13.7. The molecule has 0 fully saturated rings. The first-order valence-electron chi connectivity index (χ1n) is 9.69. The van der Waals surface area contributed by atoms with Crippen LogP contribution in [0.4, 0.5) is 0 Å². The van der Waals surface area contributed by atoms with Gasteiger partial charge in [0.05, 0.1) is 0 Å². The van der Waals surface area contributed by atoms with E-state index in [1.165, 1.54) is 33.4 Å². The van der Waals surface area contributed by atoms with E-state index in [4.69, 9.17) is 11.6 Å². The molecule has 0 amide bonds. The summed E-state index contributed by atoms with van der Waals surface area (Å²) < 4.78 is 0. The van der Waals surface area contributed by atoms with Crippen LogP contribution in [-0.4, -0.2) is 0 Å². The largest absolute Gasteiger partial charge is 0.0843 e. The van der Waals surface area contributed by atoms with Crippen molar-refractivity contribution in [2.75, 3.05) is 0 Å². The van der Waals surface area contributed by atoms with Crippen molar-refractivity contribution in [2.24, 2.45) is 0 Å². The Morgan fingerprint density at radius 1 is 0.571 bits per heavy atom. The van der Waals surface area contributed by atoms with Crippen molar-refractivity contribution in [3.05, 3.63) is 119 Å². The third-order valence-corrected chi connectivity index (χ3v) is 5.51. The van der Waals surface area contributed by atoms with Crippen LogP contribution in [0.15, 0.2) is 103 Å². The van der Waals surface area contributed by atoms with Gasteiger partial charge in [-0.1, -0.05) is 110 Å². The summed E-state index contributed by atoms with van der Waals surface area (Å²) >= 11 is 5.98. The summed E-state index contributed by atoms with van der Waals surface area (Å²) in [7, 11) is 0. The van der Waals surface area contributed by atoms with Crippen LogP contribution < -0.4 is 0 Å². The van der Waals surface area contributed by atoms with Crippen molar-refractivity contribution < 1.29 is 0 Å². The van der Waals surface area contributed by atoms with Gasteiger partial charge >= 0.3 is 0 Å². The molecule has 4 rings (SSSR count). The molecule has 0 bridgehead atoms. The summed E-state index contributed by atoms with van der Waals surface area (Å²) in [6.45, 7) is 2.29. The molecule has 0 saturated carbocycles. The predicted octanol–water partition coefficient (Wildman–Crippen LogP) is 8.02. The highest BCUT2D eigenvalue weighted by Crippen LogP contribution is 2.27. The zero-order valence-electron chi connectivity index (χ0n) is 16.0. The summed E-state index contributed by atoms with van der Waals surface area (Å²) in [5.41, 5.74) is 7.64. The highest BCUT2D eigenvalue weighted by molar-refractivity contribution is 6.30. The van der Waals surface area contributed by atoms with Crippen molar-refractivity contribution in [1.82, 2.24) is 0 Å². The third-order valence-electron chi connectivity index (χ3n) is 5.26. The van der Waals surface area contributed by atoms with Gasteiger partial charge in [-0.05, 0) is 57.9 Å². The molecule has 0 N–H and O–H groups in total. The fourth-order valence-electron chi connectivity index (χ4n) is 3.58. The van der Waals surface area contributed by atoms with Gasteiger partial charge in [-0.2, -0.15) is 0 Å². The maximum Gasteiger partial charge on any atom is 0.0406 e. The van der Waals surface area contributed by atoms with E-state index in [0.717, 1.165) is 11.4 Å². The topological polar surface area (TPSA) is 0 Å². The first-order valence-corrected chi connectivity index (χ1v) is 10.1. The number of benzene rings is 4. The van der Waals surface area contributed by atoms with Crippen molar-refractivity contribution in [2.45, 2.75) is 19.3 Å². The molecule has 138 valence electrons. The van der Waals surface area contributed by atoms with Gasteiger partial charge in [0.1, 0.15) is 0 Å². The van der Waals surface area contributed by atoms with Crippen LogP contribution in [0.1, 0.15) is 24.0 Å². The van der Waals surface area contributed by atoms with Gasteiger partial charge in [0.15, 0.2) is 0 Å². The second-order valence-electron chi connectivity index (χ2n) is 7.30. The maximum absolute atomic E-state index is 5.98. The summed E-state index contributed by atoms with van der Waals surface area (Å²) in [6, 6.07) is 36.4. The highest BCUT2D eigenvalue weighted by Gasteiger charge is 2.07. The van der Waals surface area contributed by atoms with Crippen LogP contribution in [0.25, 0.3) is 22.3 Å². The fraction of sp³-hybridized carbons (Fsp3) is 0.111. The molecule has 4 aromatic carbocycles. The summed E-state index contributed by atoms with van der Waals surface area (Å²) in [6.07, 6.45) is 1.06. The Morgan fingerprint density at radius 3 is 1.50 bits per heavy atom. The SMILES string of the molecule is CC(Cc1ccc(-c2ccc(-c3ccc(Cl)cc3)cc2)cc1)c1ccccc1. The van der Waals surface area contributed by atoms with Crippen molar-refractivity contribution in [3.63, 3.8) is 0 Å². The molecule has 0 spiro atoms. The van der Waals surface area contributed by atoms with Crippen LogP contribution in [0, 0.1) is 0 Å². The van der Waals surface area contributed by atoms with Gasteiger partial charge in [0.2, 0.25) is 0 Å². The normalized spacial score (nSPS) is 11.9. The van der Waals surface area contributed by atoms with E-state index in [1.807, 2.05) is 12.1 Å². The van der Waals surface area contributed by atoms with Gasteiger partial charge < -0.3 is 0 Å². The Labute approximate surface area is 172 Å². The molecule has 0 aliphatic carbocycles. The quantitative estimate of drug-likeness (QED) is 0.327. The Morgan fingerprint density at radius 2 is 1.00 bits per heavy atom. The second kappa shape index (κ2) is 8.46. The van der Waals surface area contributed by atoms with Gasteiger partial charge in [0, 0.05) is 5.02 Å². The molecule has 0 heterocycles. The summed E-state index contributed by atoms with van der Waals surface area (Å²) in [4.78, 5) is 0. The van der Waals surface area contributed by atoms with E-state index >= 15 is 0 Å². The molecule has 1 atom stereocenters. The molecule has 1 heteroatoms. The monoisotopic (exact) mass is 382 g/mol. The predicted molar refractivity (Wildman–Crippen MR) is 121 cm³/mol. The summed E-state index contributed by atoms with van der Waals surface area (Å²) in [5.74, 6) is 0.519. The van der Waals surface area contributed by atoms with Crippen LogP contribution in [0.5, 0.6) is 0 Å². The second-order valence-corrected chi connectivity index (χ2v) is 7.73. The molecular formula is C27H23Cl. The van der Waals surface area contributed by atoms with E-state index in [9.17, 15) is 0 Å². The lowest BCUT2D eigenvalue weighted by atomic mass is 9.92. The van der Waals surface area contributed by atoms with Crippen LogP contribution in [0.2, 0.25) is 5.02 Å². The Kier molecular flexibility index (Phi) is 5.60. The molecule has 0 nitrogen and oxygen atoms in total. The minimum Gasteiger partial charge on any atom is -0.0843 e. The molecule has 0 radical (unpaired) electrons. The Hall–Kier alpha value is -2.83. The van der Waals surface area contributed by atoms with Crippen LogP contribution in [-0.2, 0) is 6.42 Å². The standard InChI is InChI=1S/C27H23Cl/c1-20(22-5-3-2-4-6-22)19-21-7-9-23(10-8-21)24-11-13-25(14-12-24)26-15-17-27(28)18-16-26/h2-18,20H,19H2,1H3.